The molecule has 102 valence electrons. The first-order valence-corrected chi connectivity index (χ1v) is 5.96. The van der Waals surface area contributed by atoms with Crippen molar-refractivity contribution in [2.45, 2.75) is 25.3 Å². The Morgan fingerprint density at radius 3 is 2.47 bits per heavy atom. The van der Waals surface area contributed by atoms with Crippen LogP contribution in [0.15, 0.2) is 18.2 Å². The molecule has 0 aliphatic carbocycles. The molecule has 1 saturated heterocycles. The number of benzene rings is 1. The summed E-state index contributed by atoms with van der Waals surface area (Å²) >= 11 is 0. The predicted octanol–water partition coefficient (Wildman–Crippen LogP) is 2.04. The normalized spacial score (nSPS) is 18.6. The summed E-state index contributed by atoms with van der Waals surface area (Å²) in [5.41, 5.74) is -0.0882. The van der Waals surface area contributed by atoms with Crippen molar-refractivity contribution in [1.82, 2.24) is 4.90 Å². The number of nitrogens with zero attached hydrogens (tertiary/aromatic N) is 1. The van der Waals surface area contributed by atoms with Gasteiger partial charge in [0.2, 0.25) is 0 Å². The average molecular weight is 269 g/mol. The number of rotatable bonds is 3. The summed E-state index contributed by atoms with van der Waals surface area (Å²) in [6, 6.07) is 2.20. The molecule has 6 heteroatoms. The molecule has 0 radical (unpaired) electrons. The number of hydrogen-bond donors (Lipinski definition) is 1. The van der Waals surface area contributed by atoms with E-state index < -0.39 is 29.6 Å². The van der Waals surface area contributed by atoms with E-state index in [1.165, 1.54) is 4.90 Å². The summed E-state index contributed by atoms with van der Waals surface area (Å²) in [7, 11) is 0. The lowest BCUT2D eigenvalue weighted by Gasteiger charge is -2.23. The fraction of sp³-hybridized carbons (Fsp3) is 0.385. The Balaban J connectivity index is 2.20. The zero-order valence-electron chi connectivity index (χ0n) is 10.1. The van der Waals surface area contributed by atoms with E-state index in [0.29, 0.717) is 25.5 Å². The van der Waals surface area contributed by atoms with E-state index in [2.05, 4.69) is 0 Å². The van der Waals surface area contributed by atoms with E-state index in [0.717, 1.165) is 12.1 Å². The van der Waals surface area contributed by atoms with Crippen LogP contribution in [0.5, 0.6) is 0 Å². The lowest BCUT2D eigenvalue weighted by Crippen LogP contribution is -2.36. The van der Waals surface area contributed by atoms with E-state index in [4.69, 9.17) is 5.11 Å². The number of likely N-dealkylation sites (tertiary alicyclic amines) is 1. The highest BCUT2D eigenvalue weighted by molar-refractivity contribution is 5.94. The third-order valence-electron chi connectivity index (χ3n) is 3.16. The number of carboxylic acid groups (broad SMARTS) is 1. The van der Waals surface area contributed by atoms with Gasteiger partial charge in [-0.3, -0.25) is 9.59 Å². The first-order chi connectivity index (χ1) is 8.97. The summed E-state index contributed by atoms with van der Waals surface area (Å²) in [5.74, 6) is -3.16. The Morgan fingerprint density at radius 1 is 1.26 bits per heavy atom. The maximum absolute atomic E-state index is 13.1. The minimum atomic E-state index is -0.991. The molecule has 19 heavy (non-hydrogen) atoms. The van der Waals surface area contributed by atoms with Crippen LogP contribution in [0.2, 0.25) is 0 Å². The molecule has 1 amide bonds. The first kappa shape index (κ1) is 13.5. The Bertz CT molecular complexity index is 498. The lowest BCUT2D eigenvalue weighted by molar-refractivity contribution is -0.137. The molecular weight excluding hydrogens is 256 g/mol. The largest absolute Gasteiger partial charge is 0.481 e. The number of carbonyl (C=O) groups is 2. The van der Waals surface area contributed by atoms with Crippen LogP contribution >= 0.6 is 0 Å². The van der Waals surface area contributed by atoms with Crippen LogP contribution in [0.1, 0.15) is 29.6 Å². The van der Waals surface area contributed by atoms with E-state index in [-0.39, 0.29) is 12.0 Å². The molecule has 4 nitrogen and oxygen atoms in total. The van der Waals surface area contributed by atoms with E-state index >= 15 is 0 Å². The SMILES string of the molecule is O=C(O)CC1CCCN1C(=O)c1cc(F)cc(F)c1. The molecule has 0 spiro atoms. The number of carboxylic acids is 1. The number of aliphatic carboxylic acids is 1. The predicted molar refractivity (Wildman–Crippen MR) is 62.7 cm³/mol. The van der Waals surface area contributed by atoms with Crippen molar-refractivity contribution in [2.24, 2.45) is 0 Å². The highest BCUT2D eigenvalue weighted by Crippen LogP contribution is 2.23. The zero-order chi connectivity index (χ0) is 14.0. The van der Waals surface area contributed by atoms with Gasteiger partial charge in [0.25, 0.3) is 5.91 Å². The molecule has 1 aromatic rings. The molecule has 1 N–H and O–H groups in total. The topological polar surface area (TPSA) is 57.6 Å². The van der Waals surface area contributed by atoms with Gasteiger partial charge in [0.15, 0.2) is 0 Å². The minimum absolute atomic E-state index is 0.0882. The maximum atomic E-state index is 13.1. The molecule has 1 aromatic carbocycles. The standard InChI is InChI=1S/C13H13F2NO3/c14-9-4-8(5-10(15)6-9)13(19)16-3-1-2-11(16)7-12(17)18/h4-6,11H,1-3,7H2,(H,17,18). The molecule has 0 saturated carbocycles. The van der Waals surface area contributed by atoms with Gasteiger partial charge in [-0.05, 0) is 25.0 Å². The molecule has 0 bridgehead atoms. The number of hydrogen-bond acceptors (Lipinski definition) is 2. The molecule has 1 aliphatic heterocycles. The van der Waals surface area contributed by atoms with Crippen molar-refractivity contribution >= 4 is 11.9 Å². The van der Waals surface area contributed by atoms with E-state index in [1.807, 2.05) is 0 Å². The molecule has 2 rings (SSSR count). The van der Waals surface area contributed by atoms with Gasteiger partial charge in [-0.15, -0.1) is 0 Å². The highest BCUT2D eigenvalue weighted by atomic mass is 19.1. The summed E-state index contributed by atoms with van der Waals surface area (Å²) in [4.78, 5) is 24.2. The monoisotopic (exact) mass is 269 g/mol. The van der Waals surface area contributed by atoms with Gasteiger partial charge in [0.1, 0.15) is 11.6 Å². The smallest absolute Gasteiger partial charge is 0.305 e. The van der Waals surface area contributed by atoms with E-state index in [9.17, 15) is 18.4 Å². The van der Waals surface area contributed by atoms with Gasteiger partial charge in [0, 0.05) is 24.2 Å². The third kappa shape index (κ3) is 3.07. The fourth-order valence-electron chi connectivity index (χ4n) is 2.36. The lowest BCUT2D eigenvalue weighted by atomic mass is 10.1. The quantitative estimate of drug-likeness (QED) is 0.913. The van der Waals surface area contributed by atoms with Crippen molar-refractivity contribution < 1.29 is 23.5 Å². The molecule has 1 atom stereocenters. The summed E-state index contributed by atoms with van der Waals surface area (Å²) < 4.78 is 26.2. The Hall–Kier alpha value is -1.98. The fourth-order valence-corrected chi connectivity index (χ4v) is 2.36. The molecule has 1 aliphatic rings. The zero-order valence-corrected chi connectivity index (χ0v) is 10.1. The first-order valence-electron chi connectivity index (χ1n) is 5.96. The number of amides is 1. The Labute approximate surface area is 108 Å². The van der Waals surface area contributed by atoms with Crippen molar-refractivity contribution in [3.05, 3.63) is 35.4 Å². The third-order valence-corrected chi connectivity index (χ3v) is 3.16. The number of carbonyl (C=O) groups excluding carboxylic acids is 1. The van der Waals surface area contributed by atoms with Gasteiger partial charge >= 0.3 is 5.97 Å². The second-order valence-electron chi connectivity index (χ2n) is 4.55. The molecule has 1 heterocycles. The highest BCUT2D eigenvalue weighted by Gasteiger charge is 2.31. The Morgan fingerprint density at radius 2 is 1.89 bits per heavy atom. The van der Waals surface area contributed by atoms with Crippen molar-refractivity contribution in [3.63, 3.8) is 0 Å². The van der Waals surface area contributed by atoms with Crippen LogP contribution in [0.3, 0.4) is 0 Å². The Kier molecular flexibility index (Phi) is 3.78. The van der Waals surface area contributed by atoms with Gasteiger partial charge < -0.3 is 10.0 Å². The van der Waals surface area contributed by atoms with Crippen LogP contribution in [0.25, 0.3) is 0 Å². The summed E-state index contributed by atoms with van der Waals surface area (Å²) in [5, 5.41) is 8.77. The van der Waals surface area contributed by atoms with Crippen LogP contribution in [0.4, 0.5) is 8.78 Å². The van der Waals surface area contributed by atoms with Gasteiger partial charge in [-0.1, -0.05) is 0 Å². The maximum Gasteiger partial charge on any atom is 0.305 e. The van der Waals surface area contributed by atoms with Gasteiger partial charge in [-0.25, -0.2) is 8.78 Å². The second kappa shape index (κ2) is 5.34. The molecule has 0 aromatic heterocycles. The summed E-state index contributed by atoms with van der Waals surface area (Å²) in [6.07, 6.45) is 1.14. The van der Waals surface area contributed by atoms with Crippen molar-refractivity contribution in [1.29, 1.82) is 0 Å². The second-order valence-corrected chi connectivity index (χ2v) is 4.55. The number of halogens is 2. The van der Waals surface area contributed by atoms with Crippen molar-refractivity contribution in [3.8, 4) is 0 Å². The van der Waals surface area contributed by atoms with Crippen LogP contribution in [0, 0.1) is 11.6 Å². The minimum Gasteiger partial charge on any atom is -0.481 e. The van der Waals surface area contributed by atoms with Crippen LogP contribution < -0.4 is 0 Å². The van der Waals surface area contributed by atoms with E-state index in [1.54, 1.807) is 0 Å². The molecule has 1 fully saturated rings. The van der Waals surface area contributed by atoms with Gasteiger partial charge in [0.05, 0.1) is 6.42 Å². The summed E-state index contributed by atoms with van der Waals surface area (Å²) in [6.45, 7) is 0.412. The average Bonchev–Trinajstić information content (AvgIpc) is 2.73. The van der Waals surface area contributed by atoms with Crippen LogP contribution in [-0.2, 0) is 4.79 Å². The molecule has 1 unspecified atom stereocenters. The molecular formula is C13H13F2NO3. The van der Waals surface area contributed by atoms with Crippen LogP contribution in [-0.4, -0.2) is 34.5 Å². The van der Waals surface area contributed by atoms with Gasteiger partial charge in [-0.2, -0.15) is 0 Å². The van der Waals surface area contributed by atoms with Crippen molar-refractivity contribution in [2.75, 3.05) is 6.54 Å².